The van der Waals surface area contributed by atoms with Crippen LogP contribution in [0.3, 0.4) is 0 Å². The standard InChI is InChI=1S/C23H32ClN5O3/c1-13-10-17(14(2)15(3)23(13,4)5)27-18-11-26-29(22(31)20(18)24)12-19(30)28-16-8-7-9-25-21(16)32-6/h7-9,11,13-15,17,27H,10,12H2,1-6H3,(H,28,30)/t13-,14+,15+,17+/m0/s1. The fraction of sp³-hybridized carbons (Fsp3) is 0.565. The molecule has 2 aromatic heterocycles. The molecule has 1 amide bonds. The molecule has 2 N–H and O–H groups in total. The van der Waals surface area contributed by atoms with Crippen LogP contribution in [0, 0.1) is 23.2 Å². The summed E-state index contributed by atoms with van der Waals surface area (Å²) in [6.45, 7) is 11.1. The normalized spacial score (nSPS) is 24.6. The lowest BCUT2D eigenvalue weighted by atomic mass is 9.58. The molecule has 0 aromatic carbocycles. The third kappa shape index (κ3) is 4.75. The van der Waals surface area contributed by atoms with Gasteiger partial charge in [-0.05, 0) is 41.7 Å². The lowest BCUT2D eigenvalue weighted by Crippen LogP contribution is -2.48. The van der Waals surface area contributed by atoms with Gasteiger partial charge in [-0.15, -0.1) is 0 Å². The first-order valence-corrected chi connectivity index (χ1v) is 11.2. The maximum Gasteiger partial charge on any atom is 0.288 e. The fourth-order valence-electron chi connectivity index (χ4n) is 4.42. The van der Waals surface area contributed by atoms with Gasteiger partial charge in [-0.1, -0.05) is 46.2 Å². The SMILES string of the molecule is COc1ncccc1NC(=O)Cn1ncc(N[C@@H]2C[C@H](C)C(C)(C)[C@H](C)[C@H]2C)c(Cl)c1=O. The molecule has 1 fully saturated rings. The molecule has 4 atom stereocenters. The molecule has 0 aliphatic heterocycles. The molecule has 9 heteroatoms. The van der Waals surface area contributed by atoms with Gasteiger partial charge in [0.1, 0.15) is 17.3 Å². The maximum atomic E-state index is 12.8. The average molecular weight is 462 g/mol. The van der Waals surface area contributed by atoms with E-state index in [0.29, 0.717) is 29.1 Å². The van der Waals surface area contributed by atoms with Crippen molar-refractivity contribution in [1.82, 2.24) is 14.8 Å². The Hall–Kier alpha value is -2.61. The van der Waals surface area contributed by atoms with Crippen LogP contribution < -0.4 is 20.9 Å². The van der Waals surface area contributed by atoms with Crippen LogP contribution in [-0.2, 0) is 11.3 Å². The van der Waals surface area contributed by atoms with E-state index < -0.39 is 11.5 Å². The molecule has 0 saturated heterocycles. The average Bonchev–Trinajstić information content (AvgIpc) is 2.76. The Morgan fingerprint density at radius 2 is 2.03 bits per heavy atom. The Morgan fingerprint density at radius 1 is 1.31 bits per heavy atom. The van der Waals surface area contributed by atoms with E-state index in [-0.39, 0.29) is 28.9 Å². The molecule has 2 aromatic rings. The van der Waals surface area contributed by atoms with E-state index in [1.165, 1.54) is 13.3 Å². The summed E-state index contributed by atoms with van der Waals surface area (Å²) in [5.74, 6) is 1.27. The number of carbonyl (C=O) groups excluding carboxylic acids is 1. The Bertz CT molecular complexity index is 1040. The number of methoxy groups -OCH3 is 1. The number of anilines is 2. The van der Waals surface area contributed by atoms with Crippen LogP contribution in [0.4, 0.5) is 11.4 Å². The molecule has 0 unspecified atom stereocenters. The summed E-state index contributed by atoms with van der Waals surface area (Å²) in [5, 5.41) is 10.3. The van der Waals surface area contributed by atoms with Crippen molar-refractivity contribution in [3.63, 3.8) is 0 Å². The van der Waals surface area contributed by atoms with Crippen molar-refractivity contribution < 1.29 is 9.53 Å². The van der Waals surface area contributed by atoms with Gasteiger partial charge in [0.15, 0.2) is 0 Å². The van der Waals surface area contributed by atoms with Gasteiger partial charge >= 0.3 is 0 Å². The summed E-state index contributed by atoms with van der Waals surface area (Å²) in [5.41, 5.74) is 0.635. The zero-order valence-electron chi connectivity index (χ0n) is 19.5. The zero-order chi connectivity index (χ0) is 23.6. The largest absolute Gasteiger partial charge is 0.480 e. The van der Waals surface area contributed by atoms with Crippen molar-refractivity contribution in [2.45, 2.75) is 53.6 Å². The molecule has 8 nitrogen and oxygen atoms in total. The van der Waals surface area contributed by atoms with Gasteiger partial charge in [-0.2, -0.15) is 5.10 Å². The third-order valence-corrected chi connectivity index (χ3v) is 7.70. The lowest BCUT2D eigenvalue weighted by Gasteiger charge is -2.50. The molecular formula is C23H32ClN5O3. The number of aromatic nitrogens is 3. The van der Waals surface area contributed by atoms with Crippen molar-refractivity contribution in [1.29, 1.82) is 0 Å². The second-order valence-corrected chi connectivity index (χ2v) is 9.68. The Kier molecular flexibility index (Phi) is 7.12. The number of hydrogen-bond acceptors (Lipinski definition) is 6. The Balaban J connectivity index is 1.73. The summed E-state index contributed by atoms with van der Waals surface area (Å²) in [4.78, 5) is 29.2. The van der Waals surface area contributed by atoms with Crippen LogP contribution in [-0.4, -0.2) is 33.8 Å². The van der Waals surface area contributed by atoms with Gasteiger partial charge in [-0.3, -0.25) is 9.59 Å². The number of hydrogen-bond donors (Lipinski definition) is 2. The summed E-state index contributed by atoms with van der Waals surface area (Å²) in [7, 11) is 1.46. The first-order valence-electron chi connectivity index (χ1n) is 10.9. The van der Waals surface area contributed by atoms with Gasteiger partial charge < -0.3 is 15.4 Å². The summed E-state index contributed by atoms with van der Waals surface area (Å²) < 4.78 is 6.17. The highest BCUT2D eigenvalue weighted by Crippen LogP contribution is 2.48. The number of amides is 1. The molecule has 1 saturated carbocycles. The van der Waals surface area contributed by atoms with Crippen LogP contribution >= 0.6 is 11.6 Å². The highest BCUT2D eigenvalue weighted by molar-refractivity contribution is 6.32. The number of ether oxygens (including phenoxy) is 1. The van der Waals surface area contributed by atoms with Crippen LogP contribution in [0.2, 0.25) is 5.02 Å². The minimum absolute atomic E-state index is 0.0316. The quantitative estimate of drug-likeness (QED) is 0.673. The summed E-state index contributed by atoms with van der Waals surface area (Å²) in [6, 6.07) is 3.52. The zero-order valence-corrected chi connectivity index (χ0v) is 20.2. The number of pyridine rings is 1. The van der Waals surface area contributed by atoms with Crippen molar-refractivity contribution >= 4 is 28.9 Å². The predicted molar refractivity (Wildman–Crippen MR) is 126 cm³/mol. The van der Waals surface area contributed by atoms with Crippen LogP contribution in [0.15, 0.2) is 29.3 Å². The lowest BCUT2D eigenvalue weighted by molar-refractivity contribution is -0.117. The molecule has 1 aliphatic rings. The second-order valence-electron chi connectivity index (χ2n) is 9.30. The van der Waals surface area contributed by atoms with Gasteiger partial charge in [0.25, 0.3) is 5.56 Å². The topological polar surface area (TPSA) is 98.1 Å². The van der Waals surface area contributed by atoms with Crippen LogP contribution in [0.25, 0.3) is 0 Å². The Morgan fingerprint density at radius 3 is 2.72 bits per heavy atom. The molecular weight excluding hydrogens is 430 g/mol. The third-order valence-electron chi connectivity index (χ3n) is 7.33. The second kappa shape index (κ2) is 9.48. The number of nitrogens with zero attached hydrogens (tertiary/aromatic N) is 3. The van der Waals surface area contributed by atoms with Gasteiger partial charge in [0.05, 0.1) is 19.0 Å². The molecule has 0 spiro atoms. The monoisotopic (exact) mass is 461 g/mol. The van der Waals surface area contributed by atoms with E-state index in [2.05, 4.69) is 55.3 Å². The minimum atomic E-state index is -0.519. The number of carbonyl (C=O) groups is 1. The van der Waals surface area contributed by atoms with Gasteiger partial charge in [-0.25, -0.2) is 9.67 Å². The molecule has 0 bridgehead atoms. The molecule has 1 aliphatic carbocycles. The highest BCUT2D eigenvalue weighted by atomic mass is 35.5. The molecule has 32 heavy (non-hydrogen) atoms. The predicted octanol–water partition coefficient (Wildman–Crippen LogP) is 4.06. The summed E-state index contributed by atoms with van der Waals surface area (Å²) >= 11 is 6.39. The maximum absolute atomic E-state index is 12.8. The van der Waals surface area contributed by atoms with Crippen LogP contribution in [0.1, 0.15) is 41.0 Å². The Labute approximate surface area is 193 Å². The molecule has 2 heterocycles. The smallest absolute Gasteiger partial charge is 0.288 e. The van der Waals surface area contributed by atoms with Crippen molar-refractivity contribution in [3.05, 3.63) is 39.9 Å². The van der Waals surface area contributed by atoms with E-state index >= 15 is 0 Å². The van der Waals surface area contributed by atoms with E-state index in [1.807, 2.05) is 0 Å². The van der Waals surface area contributed by atoms with Gasteiger partial charge in [0, 0.05) is 12.2 Å². The van der Waals surface area contributed by atoms with E-state index in [0.717, 1.165) is 11.1 Å². The number of nitrogens with one attached hydrogen (secondary N) is 2. The first kappa shape index (κ1) is 24.0. The van der Waals surface area contributed by atoms with E-state index in [9.17, 15) is 9.59 Å². The molecule has 0 radical (unpaired) electrons. The number of rotatable bonds is 6. The highest BCUT2D eigenvalue weighted by Gasteiger charge is 2.43. The minimum Gasteiger partial charge on any atom is -0.480 e. The van der Waals surface area contributed by atoms with Crippen LogP contribution in [0.5, 0.6) is 5.88 Å². The van der Waals surface area contributed by atoms with E-state index in [1.54, 1.807) is 18.3 Å². The molecule has 174 valence electrons. The number of halogens is 1. The summed E-state index contributed by atoms with van der Waals surface area (Å²) in [6.07, 6.45) is 4.05. The van der Waals surface area contributed by atoms with Crippen molar-refractivity contribution in [2.24, 2.45) is 23.2 Å². The van der Waals surface area contributed by atoms with Gasteiger partial charge in [0.2, 0.25) is 11.8 Å². The van der Waals surface area contributed by atoms with Crippen molar-refractivity contribution in [3.8, 4) is 5.88 Å². The first-order chi connectivity index (χ1) is 15.1. The fourth-order valence-corrected chi connectivity index (χ4v) is 4.62. The van der Waals surface area contributed by atoms with Crippen molar-refractivity contribution in [2.75, 3.05) is 17.7 Å². The molecule has 3 rings (SSSR count). The van der Waals surface area contributed by atoms with E-state index in [4.69, 9.17) is 16.3 Å².